The first-order valence-electron chi connectivity index (χ1n) is 12.5. The van der Waals surface area contributed by atoms with E-state index in [1.54, 1.807) is 6.08 Å². The largest absolute Gasteiger partial charge is 0.359 e. The molecule has 0 aromatic rings. The fourth-order valence-electron chi connectivity index (χ4n) is 8.58. The first kappa shape index (κ1) is 21.6. The van der Waals surface area contributed by atoms with Crippen molar-refractivity contribution >= 4 is 11.6 Å². The second-order valence-electron chi connectivity index (χ2n) is 11.9. The number of Topliss-reactive ketones (excluding diaryl/α,β-unsaturated/α-hetero) is 1. The average Bonchev–Trinajstić information content (AvgIpc) is 3.11. The zero-order valence-electron chi connectivity index (χ0n) is 19.5. The summed E-state index contributed by atoms with van der Waals surface area (Å²) in [6.07, 6.45) is 12.9. The van der Waals surface area contributed by atoms with Gasteiger partial charge in [0.2, 0.25) is 5.79 Å². The molecule has 170 valence electrons. The molecule has 1 spiro atoms. The Morgan fingerprint density at radius 3 is 2.68 bits per heavy atom. The topological polar surface area (TPSA) is 63.6 Å². The Hall–Kier alpha value is -1.26. The molecular formula is C27H38O4. The zero-order valence-corrected chi connectivity index (χ0v) is 19.5. The summed E-state index contributed by atoms with van der Waals surface area (Å²) in [4.78, 5) is 24.9. The van der Waals surface area contributed by atoms with Crippen molar-refractivity contribution in [3.8, 4) is 0 Å². The molecule has 1 N–H and O–H groups in total. The number of carbonyl (C=O) groups is 2. The van der Waals surface area contributed by atoms with E-state index in [1.165, 1.54) is 12.0 Å². The highest BCUT2D eigenvalue weighted by atomic mass is 16.6. The molecule has 1 saturated heterocycles. The van der Waals surface area contributed by atoms with Gasteiger partial charge in [-0.1, -0.05) is 39.3 Å². The number of allylic oxidation sites excluding steroid dienone is 4. The number of ether oxygens (including phenoxy) is 1. The van der Waals surface area contributed by atoms with Crippen molar-refractivity contribution in [1.82, 2.24) is 0 Å². The van der Waals surface area contributed by atoms with Crippen LogP contribution in [-0.4, -0.2) is 29.1 Å². The first-order valence-corrected chi connectivity index (χ1v) is 12.5. The zero-order chi connectivity index (χ0) is 22.2. The molecule has 31 heavy (non-hydrogen) atoms. The Bertz CT molecular complexity index is 855. The summed E-state index contributed by atoms with van der Waals surface area (Å²) in [5, 5.41) is 11.3. The summed E-state index contributed by atoms with van der Waals surface area (Å²) in [5.41, 5.74) is 1.43. The lowest BCUT2D eigenvalue weighted by Gasteiger charge is -2.60. The van der Waals surface area contributed by atoms with Crippen LogP contribution in [-0.2, 0) is 14.3 Å². The molecule has 4 aliphatic carbocycles. The van der Waals surface area contributed by atoms with Gasteiger partial charge >= 0.3 is 0 Å². The van der Waals surface area contributed by atoms with Gasteiger partial charge in [-0.15, -0.1) is 0 Å². The van der Waals surface area contributed by atoms with Crippen LogP contribution in [0.1, 0.15) is 72.6 Å². The molecule has 0 amide bonds. The molecule has 4 heteroatoms. The molecule has 4 fully saturated rings. The molecule has 1 aliphatic heterocycles. The monoisotopic (exact) mass is 426 g/mol. The number of rotatable bonds is 3. The second kappa shape index (κ2) is 7.12. The molecule has 0 aromatic carbocycles. The van der Waals surface area contributed by atoms with Gasteiger partial charge in [-0.2, -0.15) is 0 Å². The van der Waals surface area contributed by atoms with Crippen molar-refractivity contribution in [2.45, 2.75) is 78.4 Å². The molecule has 4 nitrogen and oxygen atoms in total. The maximum absolute atomic E-state index is 12.9. The van der Waals surface area contributed by atoms with E-state index in [4.69, 9.17) is 4.74 Å². The van der Waals surface area contributed by atoms with Crippen molar-refractivity contribution in [1.29, 1.82) is 0 Å². The van der Waals surface area contributed by atoms with Gasteiger partial charge in [0.1, 0.15) is 0 Å². The fourth-order valence-corrected chi connectivity index (χ4v) is 8.58. The molecule has 5 rings (SSSR count). The molecule has 0 aromatic heterocycles. The van der Waals surface area contributed by atoms with E-state index >= 15 is 0 Å². The SMILES string of the molecule is CC(C)CC(=O)C1(O)OCC23CCC4C(CCC5=CC(=O)C=CC54C)C2CCC3C1C. The third-order valence-electron chi connectivity index (χ3n) is 10.1. The van der Waals surface area contributed by atoms with Crippen LogP contribution in [0.2, 0.25) is 0 Å². The average molecular weight is 427 g/mol. The Kier molecular flexibility index (Phi) is 4.95. The highest BCUT2D eigenvalue weighted by Gasteiger charge is 2.66. The van der Waals surface area contributed by atoms with E-state index in [1.807, 2.05) is 19.9 Å². The van der Waals surface area contributed by atoms with E-state index in [9.17, 15) is 14.7 Å². The molecule has 5 aliphatic rings. The smallest absolute Gasteiger partial charge is 0.229 e. The van der Waals surface area contributed by atoms with Crippen LogP contribution in [0.5, 0.6) is 0 Å². The lowest BCUT2D eigenvalue weighted by molar-refractivity contribution is -0.291. The Morgan fingerprint density at radius 2 is 1.94 bits per heavy atom. The molecule has 1 heterocycles. The first-order chi connectivity index (χ1) is 14.6. The van der Waals surface area contributed by atoms with Gasteiger partial charge in [-0.25, -0.2) is 0 Å². The second-order valence-corrected chi connectivity index (χ2v) is 11.9. The van der Waals surface area contributed by atoms with Gasteiger partial charge < -0.3 is 9.84 Å². The van der Waals surface area contributed by atoms with E-state index in [2.05, 4.69) is 19.9 Å². The predicted octanol–water partition coefficient (Wildman–Crippen LogP) is 4.86. The summed E-state index contributed by atoms with van der Waals surface area (Å²) in [6, 6.07) is 0. The number of hydrogen-bond donors (Lipinski definition) is 1. The van der Waals surface area contributed by atoms with Gasteiger partial charge in [0.05, 0.1) is 6.61 Å². The van der Waals surface area contributed by atoms with Crippen molar-refractivity contribution in [2.75, 3.05) is 6.61 Å². The third-order valence-corrected chi connectivity index (χ3v) is 10.1. The minimum Gasteiger partial charge on any atom is -0.359 e. The van der Waals surface area contributed by atoms with Crippen LogP contribution >= 0.6 is 0 Å². The van der Waals surface area contributed by atoms with Crippen LogP contribution in [0, 0.1) is 46.3 Å². The minimum absolute atomic E-state index is 0.00559. The van der Waals surface area contributed by atoms with Crippen LogP contribution in [0.25, 0.3) is 0 Å². The van der Waals surface area contributed by atoms with Gasteiger partial charge in [0, 0.05) is 23.2 Å². The highest BCUT2D eigenvalue weighted by molar-refractivity contribution is 6.01. The molecule has 3 saturated carbocycles. The van der Waals surface area contributed by atoms with Crippen LogP contribution in [0.4, 0.5) is 0 Å². The van der Waals surface area contributed by atoms with E-state index in [-0.39, 0.29) is 34.2 Å². The summed E-state index contributed by atoms with van der Waals surface area (Å²) in [5.74, 6) is 0.586. The lowest BCUT2D eigenvalue weighted by atomic mass is 9.46. The number of ketones is 2. The quantitative estimate of drug-likeness (QED) is 0.700. The lowest BCUT2D eigenvalue weighted by Crippen LogP contribution is -2.62. The minimum atomic E-state index is -1.62. The van der Waals surface area contributed by atoms with Crippen LogP contribution < -0.4 is 0 Å². The Labute approximate surface area is 186 Å². The predicted molar refractivity (Wildman–Crippen MR) is 119 cm³/mol. The van der Waals surface area contributed by atoms with Gasteiger partial charge in [-0.3, -0.25) is 9.59 Å². The van der Waals surface area contributed by atoms with Crippen molar-refractivity contribution < 1.29 is 19.4 Å². The summed E-state index contributed by atoms with van der Waals surface area (Å²) < 4.78 is 6.18. The molecule has 0 bridgehead atoms. The van der Waals surface area contributed by atoms with Gasteiger partial charge in [-0.05, 0) is 80.3 Å². The molecular weight excluding hydrogens is 388 g/mol. The maximum atomic E-state index is 12.9. The maximum Gasteiger partial charge on any atom is 0.229 e. The third kappa shape index (κ3) is 2.93. The standard InChI is InChI=1S/C27H38O4/c1-16(2)13-24(29)27(30)17(3)21-7-8-23-20-6-5-18-14-19(28)9-11-25(18,4)22(20)10-12-26(21,23)15-31-27/h9,11,14,16-17,20-23,30H,5-8,10,12-13,15H2,1-4H3. The number of hydrogen-bond acceptors (Lipinski definition) is 4. The Balaban J connectivity index is 1.42. The van der Waals surface area contributed by atoms with Crippen molar-refractivity contribution in [2.24, 2.45) is 46.3 Å². The Morgan fingerprint density at radius 1 is 1.19 bits per heavy atom. The van der Waals surface area contributed by atoms with E-state index in [0.29, 0.717) is 36.7 Å². The van der Waals surface area contributed by atoms with Crippen molar-refractivity contribution in [3.63, 3.8) is 0 Å². The molecule has 8 atom stereocenters. The highest BCUT2D eigenvalue weighted by Crippen LogP contribution is 2.69. The summed E-state index contributed by atoms with van der Waals surface area (Å²) in [7, 11) is 0. The van der Waals surface area contributed by atoms with Crippen molar-refractivity contribution in [3.05, 3.63) is 23.8 Å². The molecule has 0 radical (unpaired) electrons. The summed E-state index contributed by atoms with van der Waals surface area (Å²) in [6.45, 7) is 8.94. The number of fused-ring (bicyclic) bond motifs is 4. The van der Waals surface area contributed by atoms with Crippen LogP contribution in [0.15, 0.2) is 23.8 Å². The normalized spacial score (nSPS) is 48.5. The summed E-state index contributed by atoms with van der Waals surface area (Å²) >= 11 is 0. The number of carbonyl (C=O) groups excluding carboxylic acids is 2. The van der Waals surface area contributed by atoms with Gasteiger partial charge in [0.15, 0.2) is 11.6 Å². The van der Waals surface area contributed by atoms with Crippen LogP contribution in [0.3, 0.4) is 0 Å². The fraction of sp³-hybridized carbons (Fsp3) is 0.778. The molecule has 8 unspecified atom stereocenters. The van der Waals surface area contributed by atoms with Gasteiger partial charge in [0.25, 0.3) is 0 Å². The van der Waals surface area contributed by atoms with E-state index < -0.39 is 5.79 Å². The number of aliphatic hydroxyl groups is 1. The van der Waals surface area contributed by atoms with E-state index in [0.717, 1.165) is 32.1 Å².